The van der Waals surface area contributed by atoms with Crippen LogP contribution in [0.25, 0.3) is 0 Å². The number of fused-ring (bicyclic) bond motifs is 1. The fourth-order valence-electron chi connectivity index (χ4n) is 4.11. The lowest BCUT2D eigenvalue weighted by Gasteiger charge is -2.24. The number of carbonyl (C=O) groups is 1. The number of rotatable bonds is 5. The van der Waals surface area contributed by atoms with Crippen LogP contribution in [-0.2, 0) is 4.79 Å². The van der Waals surface area contributed by atoms with Gasteiger partial charge in [0.25, 0.3) is 0 Å². The molecule has 0 saturated carbocycles. The quantitative estimate of drug-likeness (QED) is 0.822. The van der Waals surface area contributed by atoms with Crippen molar-refractivity contribution >= 4 is 17.7 Å². The van der Waals surface area contributed by atoms with Crippen LogP contribution < -0.4 is 5.32 Å². The lowest BCUT2D eigenvalue weighted by atomic mass is 9.93. The molecule has 4 heteroatoms. The molecule has 1 aromatic carbocycles. The summed E-state index contributed by atoms with van der Waals surface area (Å²) in [5, 5.41) is 3.20. The van der Waals surface area contributed by atoms with Crippen LogP contribution >= 0.6 is 11.8 Å². The summed E-state index contributed by atoms with van der Waals surface area (Å²) in [5.41, 5.74) is 1.36. The summed E-state index contributed by atoms with van der Waals surface area (Å²) in [7, 11) is 0. The summed E-state index contributed by atoms with van der Waals surface area (Å²) in [4.78, 5) is 15.3. The van der Waals surface area contributed by atoms with Crippen molar-refractivity contribution in [3.05, 3.63) is 35.9 Å². The Morgan fingerprint density at radius 2 is 2.04 bits per heavy atom. The van der Waals surface area contributed by atoms with Crippen molar-refractivity contribution in [3.8, 4) is 0 Å². The number of amides is 1. The smallest absolute Gasteiger partial charge is 0.224 e. The second-order valence-corrected chi connectivity index (χ2v) is 9.89. The monoisotopic (exact) mass is 346 g/mol. The van der Waals surface area contributed by atoms with Crippen LogP contribution in [0.4, 0.5) is 0 Å². The van der Waals surface area contributed by atoms with E-state index in [4.69, 9.17) is 0 Å². The van der Waals surface area contributed by atoms with E-state index in [-0.39, 0.29) is 16.6 Å². The van der Waals surface area contributed by atoms with E-state index in [0.29, 0.717) is 12.1 Å². The Bertz CT molecular complexity index is 555. The van der Waals surface area contributed by atoms with Crippen molar-refractivity contribution in [1.82, 2.24) is 10.2 Å². The summed E-state index contributed by atoms with van der Waals surface area (Å²) in [6.45, 7) is 8.57. The number of hydrogen-bond donors (Lipinski definition) is 1. The molecule has 132 valence electrons. The molecule has 0 radical (unpaired) electrons. The first-order chi connectivity index (χ1) is 11.5. The summed E-state index contributed by atoms with van der Waals surface area (Å²) in [5.74, 6) is 1.40. The topological polar surface area (TPSA) is 32.3 Å². The van der Waals surface area contributed by atoms with Crippen LogP contribution in [-0.4, -0.2) is 40.4 Å². The van der Waals surface area contributed by atoms with Gasteiger partial charge in [0, 0.05) is 29.1 Å². The predicted molar refractivity (Wildman–Crippen MR) is 102 cm³/mol. The third-order valence-corrected chi connectivity index (χ3v) is 6.42. The predicted octanol–water partition coefficient (Wildman–Crippen LogP) is 3.86. The highest BCUT2D eigenvalue weighted by Gasteiger charge is 2.46. The van der Waals surface area contributed by atoms with E-state index in [2.05, 4.69) is 61.3 Å². The molecule has 1 N–H and O–H groups in total. The number of nitrogens with zero attached hydrogens (tertiary/aromatic N) is 1. The number of carbonyl (C=O) groups excluding carboxylic acids is 1. The first-order valence-electron chi connectivity index (χ1n) is 9.18. The van der Waals surface area contributed by atoms with Crippen molar-refractivity contribution in [2.24, 2.45) is 5.92 Å². The van der Waals surface area contributed by atoms with Gasteiger partial charge in [-0.1, -0.05) is 51.1 Å². The van der Waals surface area contributed by atoms with Crippen molar-refractivity contribution in [3.63, 3.8) is 0 Å². The van der Waals surface area contributed by atoms with Crippen LogP contribution in [0.3, 0.4) is 0 Å². The molecule has 24 heavy (non-hydrogen) atoms. The number of benzene rings is 1. The Morgan fingerprint density at radius 3 is 2.75 bits per heavy atom. The van der Waals surface area contributed by atoms with Gasteiger partial charge in [0.2, 0.25) is 5.91 Å². The Morgan fingerprint density at radius 1 is 1.29 bits per heavy atom. The fraction of sp³-hybridized carbons (Fsp3) is 0.650. The third-order valence-electron chi connectivity index (χ3n) is 5.14. The van der Waals surface area contributed by atoms with Crippen molar-refractivity contribution < 1.29 is 4.79 Å². The molecule has 3 nitrogen and oxygen atoms in total. The largest absolute Gasteiger partial charge is 0.355 e. The van der Waals surface area contributed by atoms with Crippen LogP contribution in [0.5, 0.6) is 0 Å². The van der Waals surface area contributed by atoms with E-state index < -0.39 is 0 Å². The molecule has 0 aliphatic carbocycles. The van der Waals surface area contributed by atoms with Gasteiger partial charge in [0.1, 0.15) is 0 Å². The SMILES string of the molecule is CC(C)(C)SCCNC(=O)[C@@H]1C[C@H](c2ccccc2)N2CCC[C@@H]12. The standard InChI is InChI=1S/C20H30N2OS/c1-20(2,3)24-13-11-21-19(23)16-14-18(15-8-5-4-6-9-15)22-12-7-10-17(16)22/h4-6,8-9,16-18H,7,10-14H2,1-3H3,(H,21,23)/t16-,17+,18-/m1/s1. The summed E-state index contributed by atoms with van der Waals surface area (Å²) in [6.07, 6.45) is 3.35. The minimum absolute atomic E-state index is 0.150. The van der Waals surface area contributed by atoms with Gasteiger partial charge in [0.15, 0.2) is 0 Å². The zero-order valence-electron chi connectivity index (χ0n) is 15.1. The second kappa shape index (κ2) is 7.49. The van der Waals surface area contributed by atoms with Gasteiger partial charge < -0.3 is 5.32 Å². The van der Waals surface area contributed by atoms with Gasteiger partial charge in [-0.05, 0) is 31.4 Å². The average molecular weight is 347 g/mol. The summed E-state index contributed by atoms with van der Waals surface area (Å²) < 4.78 is 0.263. The van der Waals surface area contributed by atoms with E-state index in [1.165, 1.54) is 12.0 Å². The van der Waals surface area contributed by atoms with Gasteiger partial charge in [-0.25, -0.2) is 0 Å². The van der Waals surface area contributed by atoms with E-state index >= 15 is 0 Å². The van der Waals surface area contributed by atoms with Gasteiger partial charge in [-0.2, -0.15) is 11.8 Å². The summed E-state index contributed by atoms with van der Waals surface area (Å²) >= 11 is 1.91. The molecule has 2 heterocycles. The van der Waals surface area contributed by atoms with E-state index in [9.17, 15) is 4.79 Å². The van der Waals surface area contributed by atoms with Gasteiger partial charge in [-0.3, -0.25) is 9.69 Å². The molecule has 2 saturated heterocycles. The Labute approximate surface area is 150 Å². The van der Waals surface area contributed by atoms with E-state index in [1.54, 1.807) is 0 Å². The molecule has 0 bridgehead atoms. The molecule has 3 rings (SSSR count). The Hall–Kier alpha value is -1.00. The number of hydrogen-bond acceptors (Lipinski definition) is 3. The first-order valence-corrected chi connectivity index (χ1v) is 10.2. The fourth-order valence-corrected chi connectivity index (χ4v) is 4.93. The zero-order valence-corrected chi connectivity index (χ0v) is 15.9. The molecule has 2 aliphatic heterocycles. The minimum Gasteiger partial charge on any atom is -0.355 e. The van der Waals surface area contributed by atoms with Crippen molar-refractivity contribution in [1.29, 1.82) is 0 Å². The minimum atomic E-state index is 0.150. The number of nitrogens with one attached hydrogen (secondary N) is 1. The lowest BCUT2D eigenvalue weighted by Crippen LogP contribution is -2.38. The van der Waals surface area contributed by atoms with Gasteiger partial charge >= 0.3 is 0 Å². The average Bonchev–Trinajstić information content (AvgIpc) is 3.13. The van der Waals surface area contributed by atoms with E-state index in [1.807, 2.05) is 11.8 Å². The molecule has 0 spiro atoms. The highest BCUT2D eigenvalue weighted by Crippen LogP contribution is 2.44. The van der Waals surface area contributed by atoms with Crippen molar-refractivity contribution in [2.75, 3.05) is 18.8 Å². The maximum Gasteiger partial charge on any atom is 0.224 e. The summed E-state index contributed by atoms with van der Waals surface area (Å²) in [6, 6.07) is 11.6. The zero-order chi connectivity index (χ0) is 17.2. The molecule has 2 fully saturated rings. The lowest BCUT2D eigenvalue weighted by molar-refractivity contribution is -0.125. The highest BCUT2D eigenvalue weighted by molar-refractivity contribution is 8.00. The molecular weight excluding hydrogens is 316 g/mol. The molecular formula is C20H30N2OS. The maximum absolute atomic E-state index is 12.7. The molecule has 1 aromatic rings. The van der Waals surface area contributed by atoms with Gasteiger partial charge in [-0.15, -0.1) is 0 Å². The van der Waals surface area contributed by atoms with Gasteiger partial charge in [0.05, 0.1) is 5.92 Å². The van der Waals surface area contributed by atoms with Crippen LogP contribution in [0.15, 0.2) is 30.3 Å². The third kappa shape index (κ3) is 4.15. The first kappa shape index (κ1) is 17.8. The molecule has 1 amide bonds. The molecule has 0 unspecified atom stereocenters. The van der Waals surface area contributed by atoms with Crippen LogP contribution in [0.2, 0.25) is 0 Å². The maximum atomic E-state index is 12.7. The van der Waals surface area contributed by atoms with Crippen LogP contribution in [0, 0.1) is 5.92 Å². The highest BCUT2D eigenvalue weighted by atomic mass is 32.2. The van der Waals surface area contributed by atoms with Crippen molar-refractivity contribution in [2.45, 2.75) is 56.9 Å². The molecule has 2 aliphatic rings. The molecule has 0 aromatic heterocycles. The Balaban J connectivity index is 1.58. The normalized spacial score (nSPS) is 27.2. The van der Waals surface area contributed by atoms with E-state index in [0.717, 1.165) is 31.7 Å². The second-order valence-electron chi connectivity index (χ2n) is 7.97. The Kier molecular flexibility index (Phi) is 5.56. The number of thioether (sulfide) groups is 1. The van der Waals surface area contributed by atoms with Crippen LogP contribution in [0.1, 0.15) is 51.6 Å². The molecule has 3 atom stereocenters.